The number of halogens is 3. The molecule has 1 fully saturated rings. The number of nitrogens with zero attached hydrogens (tertiary/aromatic N) is 3. The van der Waals surface area contributed by atoms with Gasteiger partial charge in [-0.1, -0.05) is 59.4 Å². The van der Waals surface area contributed by atoms with Crippen LogP contribution >= 0.6 is 34.8 Å². The third-order valence-corrected chi connectivity index (χ3v) is 6.09. The van der Waals surface area contributed by atoms with E-state index in [1.165, 1.54) is 6.42 Å². The second-order valence-electron chi connectivity index (χ2n) is 7.30. The first kappa shape index (κ1) is 21.2. The van der Waals surface area contributed by atoms with Crippen molar-refractivity contribution < 1.29 is 4.79 Å². The molecule has 2 heterocycles. The summed E-state index contributed by atoms with van der Waals surface area (Å²) in [6, 6.07) is 12.6. The fourth-order valence-electron chi connectivity index (χ4n) is 3.71. The number of hydrogen-bond acceptors (Lipinski definition) is 3. The number of amides is 1. The zero-order chi connectivity index (χ0) is 21.3. The molecule has 1 aliphatic heterocycles. The molecule has 3 aromatic rings. The van der Waals surface area contributed by atoms with Crippen LogP contribution < -0.4 is 5.43 Å². The lowest BCUT2D eigenvalue weighted by atomic mass is 10.1. The van der Waals surface area contributed by atoms with Crippen molar-refractivity contribution in [2.45, 2.75) is 26.2 Å². The first-order chi connectivity index (χ1) is 14.5. The van der Waals surface area contributed by atoms with E-state index < -0.39 is 0 Å². The van der Waals surface area contributed by atoms with Gasteiger partial charge in [0.2, 0.25) is 0 Å². The Morgan fingerprint density at radius 1 is 1.00 bits per heavy atom. The molecule has 1 N–H and O–H groups in total. The van der Waals surface area contributed by atoms with Crippen molar-refractivity contribution >= 4 is 40.7 Å². The van der Waals surface area contributed by atoms with Crippen molar-refractivity contribution in [3.05, 3.63) is 68.8 Å². The lowest BCUT2D eigenvalue weighted by Gasteiger charge is -2.26. The highest BCUT2D eigenvalue weighted by Crippen LogP contribution is 2.35. The molecule has 1 aromatic heterocycles. The van der Waals surface area contributed by atoms with E-state index in [0.29, 0.717) is 32.1 Å². The molecule has 0 saturated carbocycles. The maximum Gasteiger partial charge on any atom is 0.286 e. The van der Waals surface area contributed by atoms with Crippen LogP contribution in [0.3, 0.4) is 0 Å². The summed E-state index contributed by atoms with van der Waals surface area (Å²) in [5.41, 5.74) is 6.16. The molecule has 2 aromatic carbocycles. The third-order valence-electron chi connectivity index (χ3n) is 5.22. The number of rotatable bonds is 4. The predicted molar refractivity (Wildman–Crippen MR) is 122 cm³/mol. The zero-order valence-electron chi connectivity index (χ0n) is 16.5. The normalized spacial score (nSPS) is 14.7. The van der Waals surface area contributed by atoms with Crippen molar-refractivity contribution in [3.8, 4) is 16.9 Å². The van der Waals surface area contributed by atoms with Gasteiger partial charge in [0.25, 0.3) is 5.91 Å². The molecule has 8 heteroatoms. The topological polar surface area (TPSA) is 50.2 Å². The first-order valence-corrected chi connectivity index (χ1v) is 10.9. The summed E-state index contributed by atoms with van der Waals surface area (Å²) in [5.74, 6) is -0.244. The summed E-state index contributed by atoms with van der Waals surface area (Å²) >= 11 is 19.0. The van der Waals surface area contributed by atoms with Crippen molar-refractivity contribution in [2.24, 2.45) is 0 Å². The van der Waals surface area contributed by atoms with Gasteiger partial charge in [-0.3, -0.25) is 10.2 Å². The summed E-state index contributed by atoms with van der Waals surface area (Å²) < 4.78 is 1.67. The summed E-state index contributed by atoms with van der Waals surface area (Å²) in [6.07, 6.45) is 3.32. The summed E-state index contributed by atoms with van der Waals surface area (Å²) in [4.78, 5) is 13.1. The molecule has 0 unspecified atom stereocenters. The second kappa shape index (κ2) is 8.98. The number of benzene rings is 2. The van der Waals surface area contributed by atoms with Gasteiger partial charge < -0.3 is 0 Å². The molecule has 0 radical (unpaired) electrons. The minimum atomic E-state index is -0.244. The van der Waals surface area contributed by atoms with E-state index in [2.05, 4.69) is 10.5 Å². The van der Waals surface area contributed by atoms with Gasteiger partial charge in [-0.2, -0.15) is 5.10 Å². The van der Waals surface area contributed by atoms with Gasteiger partial charge in [-0.15, -0.1) is 0 Å². The van der Waals surface area contributed by atoms with Crippen LogP contribution in [0.25, 0.3) is 16.9 Å². The van der Waals surface area contributed by atoms with Crippen LogP contribution in [0.2, 0.25) is 15.1 Å². The number of carbonyl (C=O) groups excluding carboxylic acids is 1. The van der Waals surface area contributed by atoms with Gasteiger partial charge in [0, 0.05) is 34.3 Å². The molecule has 156 valence electrons. The van der Waals surface area contributed by atoms with Gasteiger partial charge in [-0.05, 0) is 44.0 Å². The number of hydrazine groups is 1. The Hall–Kier alpha value is -2.05. The summed E-state index contributed by atoms with van der Waals surface area (Å²) in [6.45, 7) is 3.55. The Kier molecular flexibility index (Phi) is 6.34. The number of nitrogens with one attached hydrogen (secondary N) is 1. The molecule has 5 nitrogen and oxygen atoms in total. The van der Waals surface area contributed by atoms with E-state index in [0.717, 1.165) is 37.1 Å². The summed E-state index contributed by atoms with van der Waals surface area (Å²) in [7, 11) is 0. The Morgan fingerprint density at radius 2 is 1.73 bits per heavy atom. The van der Waals surface area contributed by atoms with Gasteiger partial charge in [0.15, 0.2) is 5.69 Å². The predicted octanol–water partition coefficient (Wildman–Crippen LogP) is 5.94. The highest BCUT2D eigenvalue weighted by Gasteiger charge is 2.25. The van der Waals surface area contributed by atoms with Crippen LogP contribution in [0.1, 0.15) is 35.3 Å². The Bertz CT molecular complexity index is 1090. The highest BCUT2D eigenvalue weighted by molar-refractivity contribution is 6.36. The number of piperidine rings is 1. The molecular weight excluding hydrogens is 443 g/mol. The minimum absolute atomic E-state index is 0.244. The smallest absolute Gasteiger partial charge is 0.283 e. The van der Waals surface area contributed by atoms with Crippen molar-refractivity contribution in [1.29, 1.82) is 0 Å². The quantitative estimate of drug-likeness (QED) is 0.521. The van der Waals surface area contributed by atoms with Gasteiger partial charge in [-0.25, -0.2) is 9.69 Å². The Labute approximate surface area is 190 Å². The second-order valence-corrected chi connectivity index (χ2v) is 8.55. The molecule has 0 aliphatic carbocycles. The van der Waals surface area contributed by atoms with E-state index in [-0.39, 0.29) is 5.91 Å². The van der Waals surface area contributed by atoms with Crippen LogP contribution in [0, 0.1) is 6.92 Å². The molecular formula is C22H21Cl3N4O. The molecule has 0 bridgehead atoms. The van der Waals surface area contributed by atoms with E-state index in [1.54, 1.807) is 22.9 Å². The average Bonchev–Trinajstić information content (AvgIpc) is 3.06. The Balaban J connectivity index is 1.83. The van der Waals surface area contributed by atoms with E-state index in [9.17, 15) is 4.79 Å². The van der Waals surface area contributed by atoms with Crippen molar-refractivity contribution in [3.63, 3.8) is 0 Å². The van der Waals surface area contributed by atoms with Crippen LogP contribution in [0.15, 0.2) is 42.5 Å². The SMILES string of the molecule is Cc1c(C(=O)NN2CCCCC2)nn(-c2ccc(Cl)cc2Cl)c1-c1ccccc1Cl. The fourth-order valence-corrected chi connectivity index (χ4v) is 4.42. The lowest BCUT2D eigenvalue weighted by Crippen LogP contribution is -2.45. The molecule has 1 saturated heterocycles. The Morgan fingerprint density at radius 3 is 2.43 bits per heavy atom. The summed E-state index contributed by atoms with van der Waals surface area (Å²) in [5, 5.41) is 8.12. The van der Waals surface area contributed by atoms with Crippen LogP contribution in [-0.2, 0) is 0 Å². The van der Waals surface area contributed by atoms with E-state index in [1.807, 2.05) is 36.2 Å². The maximum absolute atomic E-state index is 13.1. The van der Waals surface area contributed by atoms with E-state index >= 15 is 0 Å². The number of carbonyl (C=O) groups is 1. The van der Waals surface area contributed by atoms with Gasteiger partial charge in [0.1, 0.15) is 0 Å². The van der Waals surface area contributed by atoms with E-state index in [4.69, 9.17) is 34.8 Å². The van der Waals surface area contributed by atoms with Crippen LogP contribution in [0.5, 0.6) is 0 Å². The molecule has 1 amide bonds. The fraction of sp³-hybridized carbons (Fsp3) is 0.273. The molecule has 30 heavy (non-hydrogen) atoms. The zero-order valence-corrected chi connectivity index (χ0v) is 18.7. The van der Waals surface area contributed by atoms with Crippen LogP contribution in [-0.4, -0.2) is 33.8 Å². The van der Waals surface area contributed by atoms with Crippen molar-refractivity contribution in [2.75, 3.05) is 13.1 Å². The van der Waals surface area contributed by atoms with Gasteiger partial charge >= 0.3 is 0 Å². The molecule has 1 aliphatic rings. The lowest BCUT2D eigenvalue weighted by molar-refractivity contribution is 0.0743. The van der Waals surface area contributed by atoms with Crippen molar-refractivity contribution in [1.82, 2.24) is 20.2 Å². The molecule has 0 atom stereocenters. The number of aromatic nitrogens is 2. The number of hydrogen-bond donors (Lipinski definition) is 1. The first-order valence-electron chi connectivity index (χ1n) is 9.81. The third kappa shape index (κ3) is 4.21. The monoisotopic (exact) mass is 462 g/mol. The largest absolute Gasteiger partial charge is 0.286 e. The standard InChI is InChI=1S/C22H21Cl3N4O/c1-14-20(22(30)27-28-11-5-2-6-12-28)26-29(19-10-9-15(23)13-18(19)25)21(14)16-7-3-4-8-17(16)24/h3-4,7-10,13H,2,5-6,11-12H2,1H3,(H,27,30). The highest BCUT2D eigenvalue weighted by atomic mass is 35.5. The average molecular weight is 464 g/mol. The molecule has 4 rings (SSSR count). The van der Waals surface area contributed by atoms with Gasteiger partial charge in [0.05, 0.1) is 16.4 Å². The molecule has 0 spiro atoms. The minimum Gasteiger partial charge on any atom is -0.283 e. The maximum atomic E-state index is 13.1. The van der Waals surface area contributed by atoms with Crippen LogP contribution in [0.4, 0.5) is 0 Å².